The predicted molar refractivity (Wildman–Crippen MR) is 85.8 cm³/mol. The maximum absolute atomic E-state index is 12.2. The van der Waals surface area contributed by atoms with Crippen molar-refractivity contribution in [1.82, 2.24) is 14.9 Å². The van der Waals surface area contributed by atoms with Gasteiger partial charge in [0, 0.05) is 31.0 Å². The largest absolute Gasteiger partial charge is 0.444 e. The summed E-state index contributed by atoms with van der Waals surface area (Å²) >= 11 is 0. The molecule has 2 atom stereocenters. The van der Waals surface area contributed by atoms with E-state index in [1.165, 1.54) is 0 Å². The van der Waals surface area contributed by atoms with Crippen molar-refractivity contribution >= 4 is 12.0 Å². The number of hydrogen-bond donors (Lipinski definition) is 1. The SMILES string of the molecule is Cc1ccnc(NC2CN(C(=O)OC(C)(C)C)CCC2C)n1. The van der Waals surface area contributed by atoms with Crippen molar-refractivity contribution in [3.05, 3.63) is 18.0 Å². The van der Waals surface area contributed by atoms with E-state index in [1.54, 1.807) is 11.1 Å². The Kier molecular flexibility index (Phi) is 4.88. The Morgan fingerprint density at radius 1 is 1.45 bits per heavy atom. The van der Waals surface area contributed by atoms with E-state index in [0.717, 1.165) is 18.7 Å². The molecule has 0 aliphatic carbocycles. The van der Waals surface area contributed by atoms with Crippen molar-refractivity contribution in [2.45, 2.75) is 52.7 Å². The molecule has 1 fully saturated rings. The van der Waals surface area contributed by atoms with Gasteiger partial charge in [-0.25, -0.2) is 14.8 Å². The molecule has 0 radical (unpaired) electrons. The van der Waals surface area contributed by atoms with Crippen molar-refractivity contribution in [3.63, 3.8) is 0 Å². The summed E-state index contributed by atoms with van der Waals surface area (Å²) < 4.78 is 5.46. The highest BCUT2D eigenvalue weighted by Crippen LogP contribution is 2.21. The van der Waals surface area contributed by atoms with Crippen molar-refractivity contribution < 1.29 is 9.53 Å². The molecule has 0 bridgehead atoms. The molecule has 0 spiro atoms. The van der Waals surface area contributed by atoms with Gasteiger partial charge < -0.3 is 15.0 Å². The first-order chi connectivity index (χ1) is 10.2. The Bertz CT molecular complexity index is 527. The summed E-state index contributed by atoms with van der Waals surface area (Å²) in [6.45, 7) is 11.1. The molecule has 1 N–H and O–H groups in total. The number of aryl methyl sites for hydroxylation is 1. The molecule has 2 unspecified atom stereocenters. The van der Waals surface area contributed by atoms with Crippen LogP contribution in [0.2, 0.25) is 0 Å². The average Bonchev–Trinajstić information content (AvgIpc) is 2.39. The van der Waals surface area contributed by atoms with Gasteiger partial charge >= 0.3 is 6.09 Å². The molecule has 0 aromatic carbocycles. The van der Waals surface area contributed by atoms with Crippen molar-refractivity contribution in [1.29, 1.82) is 0 Å². The summed E-state index contributed by atoms with van der Waals surface area (Å²) in [6.07, 6.45) is 2.42. The van der Waals surface area contributed by atoms with Crippen LogP contribution in [0.3, 0.4) is 0 Å². The summed E-state index contributed by atoms with van der Waals surface area (Å²) in [5.74, 6) is 1.06. The minimum atomic E-state index is -0.470. The van der Waals surface area contributed by atoms with Crippen LogP contribution in [-0.4, -0.2) is 45.7 Å². The van der Waals surface area contributed by atoms with Crippen LogP contribution in [0.15, 0.2) is 12.3 Å². The van der Waals surface area contributed by atoms with Crippen LogP contribution in [0.1, 0.15) is 39.8 Å². The first-order valence-corrected chi connectivity index (χ1v) is 7.79. The molecule has 22 heavy (non-hydrogen) atoms. The fourth-order valence-electron chi connectivity index (χ4n) is 2.43. The second-order valence-corrected chi connectivity index (χ2v) is 6.96. The first kappa shape index (κ1) is 16.5. The van der Waals surface area contributed by atoms with E-state index in [4.69, 9.17) is 4.74 Å². The predicted octanol–water partition coefficient (Wildman–Crippen LogP) is 2.84. The zero-order valence-corrected chi connectivity index (χ0v) is 14.1. The van der Waals surface area contributed by atoms with E-state index in [2.05, 4.69) is 22.2 Å². The Morgan fingerprint density at radius 3 is 2.82 bits per heavy atom. The van der Waals surface area contributed by atoms with E-state index in [1.807, 2.05) is 33.8 Å². The number of piperidine rings is 1. The second-order valence-electron chi connectivity index (χ2n) is 6.96. The minimum absolute atomic E-state index is 0.128. The van der Waals surface area contributed by atoms with Crippen LogP contribution in [0.25, 0.3) is 0 Å². The number of rotatable bonds is 2. The van der Waals surface area contributed by atoms with Crippen LogP contribution in [0.4, 0.5) is 10.7 Å². The van der Waals surface area contributed by atoms with Crippen LogP contribution in [0, 0.1) is 12.8 Å². The van der Waals surface area contributed by atoms with Crippen LogP contribution in [-0.2, 0) is 4.74 Å². The normalized spacial score (nSPS) is 22.3. The van der Waals surface area contributed by atoms with Crippen LogP contribution >= 0.6 is 0 Å². The first-order valence-electron chi connectivity index (χ1n) is 7.79. The van der Waals surface area contributed by atoms with E-state index in [-0.39, 0.29) is 12.1 Å². The maximum atomic E-state index is 12.2. The highest BCUT2D eigenvalue weighted by atomic mass is 16.6. The van der Waals surface area contributed by atoms with Gasteiger partial charge in [0.15, 0.2) is 0 Å². The average molecular weight is 306 g/mol. The van der Waals surface area contributed by atoms with E-state index in [0.29, 0.717) is 18.4 Å². The number of nitrogens with zero attached hydrogens (tertiary/aromatic N) is 3. The highest BCUT2D eigenvalue weighted by Gasteiger charge is 2.31. The van der Waals surface area contributed by atoms with Gasteiger partial charge in [-0.05, 0) is 46.1 Å². The Labute approximate surface area is 132 Å². The molecule has 6 nitrogen and oxygen atoms in total. The molecule has 122 valence electrons. The molecule has 0 saturated carbocycles. The number of anilines is 1. The minimum Gasteiger partial charge on any atom is -0.444 e. The molecule has 1 aromatic rings. The van der Waals surface area contributed by atoms with Crippen LogP contribution < -0.4 is 5.32 Å². The molecule has 1 aliphatic rings. The van der Waals surface area contributed by atoms with Gasteiger partial charge in [0.2, 0.25) is 5.95 Å². The molecular formula is C16H26N4O2. The molecule has 2 heterocycles. The molecule has 2 rings (SSSR count). The van der Waals surface area contributed by atoms with Crippen molar-refractivity contribution in [2.75, 3.05) is 18.4 Å². The fraction of sp³-hybridized carbons (Fsp3) is 0.688. The molecule has 1 aromatic heterocycles. The number of aromatic nitrogens is 2. The van der Waals surface area contributed by atoms with Crippen molar-refractivity contribution in [3.8, 4) is 0 Å². The molecular weight excluding hydrogens is 280 g/mol. The number of hydrogen-bond acceptors (Lipinski definition) is 5. The van der Waals surface area contributed by atoms with Gasteiger partial charge in [0.05, 0.1) is 0 Å². The lowest BCUT2D eigenvalue weighted by Crippen LogP contribution is -2.50. The van der Waals surface area contributed by atoms with Gasteiger partial charge in [0.1, 0.15) is 5.60 Å². The number of likely N-dealkylation sites (tertiary alicyclic amines) is 1. The summed E-state index contributed by atoms with van der Waals surface area (Å²) in [4.78, 5) is 22.6. The number of amides is 1. The molecule has 1 aliphatic heterocycles. The quantitative estimate of drug-likeness (QED) is 0.910. The summed E-state index contributed by atoms with van der Waals surface area (Å²) in [6, 6.07) is 1.99. The van der Waals surface area contributed by atoms with Gasteiger partial charge in [-0.2, -0.15) is 0 Å². The number of ether oxygens (including phenoxy) is 1. The zero-order chi connectivity index (χ0) is 16.3. The monoisotopic (exact) mass is 306 g/mol. The van der Waals surface area contributed by atoms with E-state index >= 15 is 0 Å². The smallest absolute Gasteiger partial charge is 0.410 e. The maximum Gasteiger partial charge on any atom is 0.410 e. The lowest BCUT2D eigenvalue weighted by Gasteiger charge is -2.38. The summed E-state index contributed by atoms with van der Waals surface area (Å²) in [7, 11) is 0. The van der Waals surface area contributed by atoms with Crippen molar-refractivity contribution in [2.24, 2.45) is 5.92 Å². The standard InChI is InChI=1S/C16H26N4O2/c1-11-7-9-20(15(21)22-16(3,4)5)10-13(11)19-14-17-8-6-12(2)18-14/h6,8,11,13H,7,9-10H2,1-5H3,(H,17,18,19). The van der Waals surface area contributed by atoms with Gasteiger partial charge in [-0.1, -0.05) is 6.92 Å². The summed E-state index contributed by atoms with van der Waals surface area (Å²) in [5.41, 5.74) is 0.452. The summed E-state index contributed by atoms with van der Waals surface area (Å²) in [5, 5.41) is 3.35. The van der Waals surface area contributed by atoms with Gasteiger partial charge in [-0.3, -0.25) is 0 Å². The van der Waals surface area contributed by atoms with Crippen LogP contribution in [0.5, 0.6) is 0 Å². The molecule has 1 saturated heterocycles. The van der Waals surface area contributed by atoms with Gasteiger partial charge in [0.25, 0.3) is 0 Å². The zero-order valence-electron chi connectivity index (χ0n) is 14.1. The van der Waals surface area contributed by atoms with Gasteiger partial charge in [-0.15, -0.1) is 0 Å². The third-order valence-electron chi connectivity index (χ3n) is 3.72. The Balaban J connectivity index is 2.00. The molecule has 6 heteroatoms. The number of carbonyl (C=O) groups excluding carboxylic acids is 1. The topological polar surface area (TPSA) is 67.4 Å². The number of nitrogens with one attached hydrogen (secondary N) is 1. The Morgan fingerprint density at radius 2 is 2.18 bits per heavy atom. The fourth-order valence-corrected chi connectivity index (χ4v) is 2.43. The second kappa shape index (κ2) is 6.50. The lowest BCUT2D eigenvalue weighted by molar-refractivity contribution is 0.0176. The number of carbonyl (C=O) groups is 1. The third-order valence-corrected chi connectivity index (χ3v) is 3.72. The van der Waals surface area contributed by atoms with E-state index in [9.17, 15) is 4.79 Å². The lowest BCUT2D eigenvalue weighted by atomic mass is 9.94. The van der Waals surface area contributed by atoms with E-state index < -0.39 is 5.60 Å². The third kappa shape index (κ3) is 4.58. The Hall–Kier alpha value is -1.85. The molecule has 1 amide bonds. The highest BCUT2D eigenvalue weighted by molar-refractivity contribution is 5.68.